The highest BCUT2D eigenvalue weighted by atomic mass is 16.5. The van der Waals surface area contributed by atoms with Crippen molar-refractivity contribution >= 4 is 0 Å². The Kier molecular flexibility index (Phi) is 3.81. The smallest absolute Gasteiger partial charge is 0.0554 e. The second-order valence-corrected chi connectivity index (χ2v) is 5.34. The van der Waals surface area contributed by atoms with Gasteiger partial charge in [0.15, 0.2) is 0 Å². The second kappa shape index (κ2) is 5.13. The summed E-state index contributed by atoms with van der Waals surface area (Å²) in [7, 11) is 0. The normalized spacial score (nSPS) is 24.5. The first kappa shape index (κ1) is 11.2. The van der Waals surface area contributed by atoms with Gasteiger partial charge in [-0.3, -0.25) is 0 Å². The van der Waals surface area contributed by atoms with Gasteiger partial charge in [0.05, 0.1) is 13.2 Å². The van der Waals surface area contributed by atoms with Crippen molar-refractivity contribution < 1.29 is 4.74 Å². The lowest BCUT2D eigenvalue weighted by Gasteiger charge is -2.38. The third-order valence-corrected chi connectivity index (χ3v) is 3.46. The molecule has 1 fully saturated rings. The Balaban J connectivity index is 1.56. The number of hydrogen-bond donors (Lipinski definition) is 1. The summed E-state index contributed by atoms with van der Waals surface area (Å²) in [6, 6.07) is 0. The molecule has 2 nitrogen and oxygen atoms in total. The summed E-state index contributed by atoms with van der Waals surface area (Å²) in [5.41, 5.74) is 2.09. The molecule has 0 amide bonds. The molecule has 1 aliphatic carbocycles. The summed E-state index contributed by atoms with van der Waals surface area (Å²) in [5.74, 6) is 0. The van der Waals surface area contributed by atoms with E-state index in [1.165, 1.54) is 32.1 Å². The van der Waals surface area contributed by atoms with Crippen molar-refractivity contribution in [3.8, 4) is 0 Å². The fourth-order valence-electron chi connectivity index (χ4n) is 2.32. The van der Waals surface area contributed by atoms with Crippen LogP contribution in [0.15, 0.2) is 11.6 Å². The first-order valence-electron chi connectivity index (χ1n) is 6.25. The maximum Gasteiger partial charge on any atom is 0.0554 e. The molecule has 2 rings (SSSR count). The quantitative estimate of drug-likeness (QED) is 0.555. The van der Waals surface area contributed by atoms with E-state index in [9.17, 15) is 0 Å². The van der Waals surface area contributed by atoms with Gasteiger partial charge in [-0.25, -0.2) is 0 Å². The Hall–Kier alpha value is -0.340. The van der Waals surface area contributed by atoms with Gasteiger partial charge in [0.25, 0.3) is 0 Å². The van der Waals surface area contributed by atoms with Crippen LogP contribution in [-0.4, -0.2) is 26.3 Å². The third kappa shape index (κ3) is 3.32. The molecule has 2 heteroatoms. The molecule has 1 aliphatic heterocycles. The van der Waals surface area contributed by atoms with Crippen LogP contribution >= 0.6 is 0 Å². The van der Waals surface area contributed by atoms with Crippen LogP contribution in [0.2, 0.25) is 0 Å². The Morgan fingerprint density at radius 3 is 2.87 bits per heavy atom. The lowest BCUT2D eigenvalue weighted by molar-refractivity contribution is -0.0988. The van der Waals surface area contributed by atoms with Crippen LogP contribution in [0.4, 0.5) is 0 Å². The fraction of sp³-hybridized carbons (Fsp3) is 0.846. The number of rotatable bonds is 5. The van der Waals surface area contributed by atoms with E-state index in [-0.39, 0.29) is 0 Å². The van der Waals surface area contributed by atoms with Gasteiger partial charge >= 0.3 is 0 Å². The van der Waals surface area contributed by atoms with E-state index in [4.69, 9.17) is 4.74 Å². The van der Waals surface area contributed by atoms with Gasteiger partial charge in [0, 0.05) is 12.0 Å². The van der Waals surface area contributed by atoms with Crippen molar-refractivity contribution in [2.45, 2.75) is 39.0 Å². The van der Waals surface area contributed by atoms with Gasteiger partial charge in [-0.1, -0.05) is 18.6 Å². The van der Waals surface area contributed by atoms with Crippen molar-refractivity contribution in [1.82, 2.24) is 5.32 Å². The predicted molar refractivity (Wildman–Crippen MR) is 63.0 cm³/mol. The highest BCUT2D eigenvalue weighted by Crippen LogP contribution is 2.25. The third-order valence-electron chi connectivity index (χ3n) is 3.46. The minimum absolute atomic E-state index is 0.418. The first-order chi connectivity index (χ1) is 7.29. The summed E-state index contributed by atoms with van der Waals surface area (Å²) in [6.45, 7) is 6.41. The minimum atomic E-state index is 0.418. The topological polar surface area (TPSA) is 21.3 Å². The summed E-state index contributed by atoms with van der Waals surface area (Å²) in [6.07, 6.45) is 9.13. The van der Waals surface area contributed by atoms with Crippen LogP contribution in [0.1, 0.15) is 39.0 Å². The van der Waals surface area contributed by atoms with E-state index < -0.39 is 0 Å². The van der Waals surface area contributed by atoms with Gasteiger partial charge in [0.1, 0.15) is 0 Å². The number of ether oxygens (including phenoxy) is 1. The molecule has 15 heavy (non-hydrogen) atoms. The summed E-state index contributed by atoms with van der Waals surface area (Å²) < 4.78 is 5.23. The van der Waals surface area contributed by atoms with Gasteiger partial charge in [-0.05, 0) is 38.6 Å². The molecule has 0 atom stereocenters. The van der Waals surface area contributed by atoms with Crippen LogP contribution in [0.25, 0.3) is 0 Å². The fourth-order valence-corrected chi connectivity index (χ4v) is 2.32. The zero-order valence-corrected chi connectivity index (χ0v) is 9.85. The molecule has 0 radical (unpaired) electrons. The van der Waals surface area contributed by atoms with E-state index >= 15 is 0 Å². The van der Waals surface area contributed by atoms with E-state index in [2.05, 4.69) is 18.3 Å². The van der Waals surface area contributed by atoms with Crippen LogP contribution in [0, 0.1) is 5.41 Å². The molecule has 86 valence electrons. The molecule has 1 saturated heterocycles. The zero-order chi connectivity index (χ0) is 10.6. The maximum atomic E-state index is 5.23. The Morgan fingerprint density at radius 2 is 2.27 bits per heavy atom. The molecule has 2 aliphatic rings. The van der Waals surface area contributed by atoms with Crippen molar-refractivity contribution in [1.29, 1.82) is 0 Å². The molecule has 0 bridgehead atoms. The molecular formula is C13H23NO. The molecule has 1 N–H and O–H groups in total. The summed E-state index contributed by atoms with van der Waals surface area (Å²) in [5, 5.41) is 3.55. The van der Waals surface area contributed by atoms with Gasteiger partial charge < -0.3 is 10.1 Å². The van der Waals surface area contributed by atoms with Gasteiger partial charge in [-0.15, -0.1) is 0 Å². The Bertz CT molecular complexity index is 231. The summed E-state index contributed by atoms with van der Waals surface area (Å²) >= 11 is 0. The zero-order valence-electron chi connectivity index (χ0n) is 9.85. The molecule has 0 unspecified atom stereocenters. The van der Waals surface area contributed by atoms with Crippen molar-refractivity contribution in [3.05, 3.63) is 11.6 Å². The van der Waals surface area contributed by atoms with Gasteiger partial charge in [0.2, 0.25) is 0 Å². The lowest BCUT2D eigenvalue weighted by Crippen LogP contribution is -2.47. The van der Waals surface area contributed by atoms with E-state index in [0.29, 0.717) is 5.41 Å². The molecule has 0 spiro atoms. The molecule has 1 heterocycles. The first-order valence-corrected chi connectivity index (χ1v) is 6.25. The largest absolute Gasteiger partial charge is 0.380 e. The predicted octanol–water partition coefficient (Wildman–Crippen LogP) is 2.50. The Morgan fingerprint density at radius 1 is 1.40 bits per heavy atom. The number of allylic oxidation sites excluding steroid dienone is 1. The maximum absolute atomic E-state index is 5.23. The Labute approximate surface area is 93.1 Å². The average molecular weight is 209 g/mol. The standard InChI is InChI=1S/C13H23NO/c1-13(10-15-11-13)9-14-8-7-12-5-3-2-4-6-12/h5,14H,2-4,6-11H2,1H3. The van der Waals surface area contributed by atoms with Crippen molar-refractivity contribution in [2.24, 2.45) is 5.41 Å². The van der Waals surface area contributed by atoms with Crippen LogP contribution in [0.5, 0.6) is 0 Å². The van der Waals surface area contributed by atoms with E-state index in [0.717, 1.165) is 26.3 Å². The molecular weight excluding hydrogens is 186 g/mol. The lowest BCUT2D eigenvalue weighted by atomic mass is 9.88. The SMILES string of the molecule is CC1(CNCCC2=CCCCC2)COC1. The summed E-state index contributed by atoms with van der Waals surface area (Å²) in [4.78, 5) is 0. The second-order valence-electron chi connectivity index (χ2n) is 5.34. The molecule has 0 aromatic carbocycles. The molecule has 0 saturated carbocycles. The molecule has 0 aromatic heterocycles. The van der Waals surface area contributed by atoms with Gasteiger partial charge in [-0.2, -0.15) is 0 Å². The highest BCUT2D eigenvalue weighted by Gasteiger charge is 2.32. The van der Waals surface area contributed by atoms with Crippen LogP contribution < -0.4 is 5.32 Å². The monoisotopic (exact) mass is 209 g/mol. The van der Waals surface area contributed by atoms with Crippen molar-refractivity contribution in [2.75, 3.05) is 26.3 Å². The van der Waals surface area contributed by atoms with Crippen LogP contribution in [-0.2, 0) is 4.74 Å². The number of nitrogens with one attached hydrogen (secondary N) is 1. The minimum Gasteiger partial charge on any atom is -0.380 e. The number of hydrogen-bond acceptors (Lipinski definition) is 2. The van der Waals surface area contributed by atoms with E-state index in [1.807, 2.05) is 0 Å². The average Bonchev–Trinajstić information content (AvgIpc) is 2.23. The van der Waals surface area contributed by atoms with E-state index in [1.54, 1.807) is 5.57 Å². The highest BCUT2D eigenvalue weighted by molar-refractivity contribution is 5.05. The molecule has 0 aromatic rings. The van der Waals surface area contributed by atoms with Crippen molar-refractivity contribution in [3.63, 3.8) is 0 Å². The van der Waals surface area contributed by atoms with Crippen LogP contribution in [0.3, 0.4) is 0 Å².